The van der Waals surface area contributed by atoms with E-state index in [1.54, 1.807) is 0 Å². The molecular weight excluding hydrogens is 238 g/mol. The Labute approximate surface area is 118 Å². The van der Waals surface area contributed by atoms with E-state index >= 15 is 0 Å². The van der Waals surface area contributed by atoms with Gasteiger partial charge in [0.1, 0.15) is 0 Å². The summed E-state index contributed by atoms with van der Waals surface area (Å²) < 4.78 is 0. The van der Waals surface area contributed by atoms with E-state index < -0.39 is 0 Å². The second-order valence-electron chi connectivity index (χ2n) is 5.73. The predicted molar refractivity (Wildman–Crippen MR) is 80.0 cm³/mol. The van der Waals surface area contributed by atoms with Crippen molar-refractivity contribution in [3.8, 4) is 0 Å². The highest BCUT2D eigenvalue weighted by molar-refractivity contribution is 5.79. The number of nitrogens with one attached hydrogen (secondary N) is 1. The third-order valence-electron chi connectivity index (χ3n) is 4.17. The van der Waals surface area contributed by atoms with Gasteiger partial charge in [-0.2, -0.15) is 0 Å². The molecule has 0 aromatic carbocycles. The number of hydrogen-bond donors (Lipinski definition) is 2. The maximum atomic E-state index is 11.3. The lowest BCUT2D eigenvalue weighted by Crippen LogP contribution is -2.43. The summed E-state index contributed by atoms with van der Waals surface area (Å²) in [5.41, 5.74) is 5.41. The molecule has 1 aliphatic heterocycles. The Balaban J connectivity index is 2.30. The molecule has 4 nitrogen and oxygen atoms in total. The van der Waals surface area contributed by atoms with E-state index in [0.29, 0.717) is 0 Å². The van der Waals surface area contributed by atoms with E-state index in [2.05, 4.69) is 17.1 Å². The molecule has 4 heteroatoms. The Morgan fingerprint density at radius 1 is 1.37 bits per heavy atom. The van der Waals surface area contributed by atoms with Crippen LogP contribution in [0.4, 0.5) is 0 Å². The fraction of sp³-hybridized carbons (Fsp3) is 0.933. The summed E-state index contributed by atoms with van der Waals surface area (Å²) in [5.74, 6) is 0.691. The van der Waals surface area contributed by atoms with Crippen molar-refractivity contribution in [2.24, 2.45) is 11.7 Å². The number of primary amides is 1. The molecule has 0 aliphatic carbocycles. The van der Waals surface area contributed by atoms with E-state index in [4.69, 9.17) is 5.73 Å². The van der Waals surface area contributed by atoms with Gasteiger partial charge in [0.25, 0.3) is 0 Å². The number of likely N-dealkylation sites (tertiary alicyclic amines) is 1. The predicted octanol–water partition coefficient (Wildman–Crippen LogP) is 1.74. The zero-order valence-electron chi connectivity index (χ0n) is 12.7. The fourth-order valence-electron chi connectivity index (χ4n) is 3.05. The number of rotatable bonds is 8. The maximum Gasteiger partial charge on any atom is 0.234 e. The Hall–Kier alpha value is -0.610. The number of likely N-dealkylation sites (N-methyl/N-ethyl adjacent to an activating group) is 1. The largest absolute Gasteiger partial charge is 0.368 e. The molecule has 1 fully saturated rings. The van der Waals surface area contributed by atoms with Crippen LogP contribution < -0.4 is 11.1 Å². The van der Waals surface area contributed by atoms with Crippen LogP contribution in [0.15, 0.2) is 0 Å². The molecule has 0 radical (unpaired) electrons. The molecule has 2 atom stereocenters. The Kier molecular flexibility index (Phi) is 8.07. The van der Waals surface area contributed by atoms with Crippen LogP contribution in [0.1, 0.15) is 52.4 Å². The van der Waals surface area contributed by atoms with Crippen molar-refractivity contribution in [1.29, 1.82) is 0 Å². The van der Waals surface area contributed by atoms with Gasteiger partial charge in [0, 0.05) is 6.54 Å². The third-order valence-corrected chi connectivity index (χ3v) is 4.17. The number of nitrogens with two attached hydrogens (primary N) is 1. The van der Waals surface area contributed by atoms with Gasteiger partial charge in [-0.05, 0) is 51.2 Å². The summed E-state index contributed by atoms with van der Waals surface area (Å²) in [5, 5.41) is 3.17. The van der Waals surface area contributed by atoms with Gasteiger partial charge in [0.2, 0.25) is 5.91 Å². The number of carbonyl (C=O) groups excluding carboxylic acids is 1. The van der Waals surface area contributed by atoms with E-state index in [9.17, 15) is 4.79 Å². The average molecular weight is 269 g/mol. The fourth-order valence-corrected chi connectivity index (χ4v) is 3.05. The molecule has 1 rings (SSSR count). The second kappa shape index (κ2) is 9.32. The van der Waals surface area contributed by atoms with E-state index in [1.807, 2.05) is 6.92 Å². The van der Waals surface area contributed by atoms with Crippen molar-refractivity contribution < 1.29 is 4.79 Å². The van der Waals surface area contributed by atoms with E-state index in [0.717, 1.165) is 25.4 Å². The topological polar surface area (TPSA) is 58.4 Å². The van der Waals surface area contributed by atoms with Gasteiger partial charge < -0.3 is 16.0 Å². The Morgan fingerprint density at radius 2 is 2.16 bits per heavy atom. The van der Waals surface area contributed by atoms with Crippen LogP contribution in [0.3, 0.4) is 0 Å². The molecule has 1 saturated heterocycles. The normalized spacial score (nSPS) is 22.9. The highest BCUT2D eigenvalue weighted by Crippen LogP contribution is 2.21. The molecule has 0 aromatic rings. The smallest absolute Gasteiger partial charge is 0.234 e. The van der Waals surface area contributed by atoms with Crippen molar-refractivity contribution in [3.05, 3.63) is 0 Å². The average Bonchev–Trinajstić information content (AvgIpc) is 2.60. The summed E-state index contributed by atoms with van der Waals surface area (Å²) in [7, 11) is 0. The quantitative estimate of drug-likeness (QED) is 0.706. The Morgan fingerprint density at radius 3 is 2.79 bits per heavy atom. The molecule has 1 aliphatic rings. The van der Waals surface area contributed by atoms with Crippen LogP contribution in [0, 0.1) is 5.92 Å². The van der Waals surface area contributed by atoms with Crippen LogP contribution in [0.5, 0.6) is 0 Å². The van der Waals surface area contributed by atoms with E-state index in [-0.39, 0.29) is 11.9 Å². The monoisotopic (exact) mass is 269 g/mol. The molecule has 1 amide bonds. The van der Waals surface area contributed by atoms with Gasteiger partial charge in [-0.25, -0.2) is 0 Å². The number of nitrogens with zero attached hydrogens (tertiary/aromatic N) is 1. The van der Waals surface area contributed by atoms with Gasteiger partial charge in [0.05, 0.1) is 6.04 Å². The molecule has 1 heterocycles. The van der Waals surface area contributed by atoms with Gasteiger partial charge >= 0.3 is 0 Å². The van der Waals surface area contributed by atoms with Crippen molar-refractivity contribution in [1.82, 2.24) is 10.2 Å². The van der Waals surface area contributed by atoms with Crippen LogP contribution in [0.2, 0.25) is 0 Å². The molecule has 19 heavy (non-hydrogen) atoms. The van der Waals surface area contributed by atoms with Crippen molar-refractivity contribution in [2.75, 3.05) is 26.2 Å². The lowest BCUT2D eigenvalue weighted by molar-refractivity contribution is -0.120. The molecule has 0 bridgehead atoms. The molecular formula is C15H31N3O. The minimum absolute atomic E-state index is 0.167. The summed E-state index contributed by atoms with van der Waals surface area (Å²) in [4.78, 5) is 13.8. The first-order valence-corrected chi connectivity index (χ1v) is 7.92. The summed E-state index contributed by atoms with van der Waals surface area (Å²) in [6, 6.07) is -0.167. The van der Waals surface area contributed by atoms with Crippen LogP contribution >= 0.6 is 0 Å². The van der Waals surface area contributed by atoms with Gasteiger partial charge in [-0.3, -0.25) is 4.79 Å². The highest BCUT2D eigenvalue weighted by Gasteiger charge is 2.19. The summed E-state index contributed by atoms with van der Waals surface area (Å²) in [6.07, 6.45) is 7.49. The van der Waals surface area contributed by atoms with Crippen molar-refractivity contribution in [3.63, 3.8) is 0 Å². The lowest BCUT2D eigenvalue weighted by atomic mass is 9.96. The maximum absolute atomic E-state index is 11.3. The standard InChI is InChI=1S/C15H31N3O/c1-3-6-13-7-5-10-18(11-8-13)12-9-14(15(16)19)17-4-2/h13-14,17H,3-12H2,1-2H3,(H2,16,19). The summed E-state index contributed by atoms with van der Waals surface area (Å²) >= 11 is 0. The van der Waals surface area contributed by atoms with Gasteiger partial charge in [0.15, 0.2) is 0 Å². The van der Waals surface area contributed by atoms with Crippen molar-refractivity contribution >= 4 is 5.91 Å². The first-order valence-electron chi connectivity index (χ1n) is 7.92. The summed E-state index contributed by atoms with van der Waals surface area (Å²) in [6.45, 7) is 8.43. The zero-order valence-corrected chi connectivity index (χ0v) is 12.7. The van der Waals surface area contributed by atoms with Gasteiger partial charge in [-0.15, -0.1) is 0 Å². The highest BCUT2D eigenvalue weighted by atomic mass is 16.1. The number of carbonyl (C=O) groups is 1. The van der Waals surface area contributed by atoms with E-state index in [1.165, 1.54) is 45.2 Å². The SMILES string of the molecule is CCCC1CCCN(CCC(NCC)C(N)=O)CC1. The Bertz CT molecular complexity index is 258. The first kappa shape index (κ1) is 16.4. The molecule has 112 valence electrons. The minimum Gasteiger partial charge on any atom is -0.368 e. The van der Waals surface area contributed by atoms with Crippen molar-refractivity contribution in [2.45, 2.75) is 58.4 Å². The molecule has 0 saturated carbocycles. The third kappa shape index (κ3) is 6.39. The number of amides is 1. The molecule has 3 N–H and O–H groups in total. The molecule has 2 unspecified atom stereocenters. The van der Waals surface area contributed by atoms with Crippen LogP contribution in [0.25, 0.3) is 0 Å². The minimum atomic E-state index is -0.222. The van der Waals surface area contributed by atoms with Gasteiger partial charge in [-0.1, -0.05) is 26.7 Å². The number of hydrogen-bond acceptors (Lipinski definition) is 3. The molecule has 0 aromatic heterocycles. The lowest BCUT2D eigenvalue weighted by Gasteiger charge is -2.23. The molecule has 0 spiro atoms. The second-order valence-corrected chi connectivity index (χ2v) is 5.73. The van der Waals surface area contributed by atoms with Crippen LogP contribution in [-0.2, 0) is 4.79 Å². The zero-order chi connectivity index (χ0) is 14.1. The van der Waals surface area contributed by atoms with Crippen LogP contribution in [-0.4, -0.2) is 43.0 Å². The first-order chi connectivity index (χ1) is 9.17.